The zero-order chi connectivity index (χ0) is 23.4. The van der Waals surface area contributed by atoms with E-state index in [1.165, 1.54) is 31.3 Å². The van der Waals surface area contributed by atoms with E-state index in [9.17, 15) is 10.2 Å². The maximum absolute atomic E-state index is 11.2. The molecule has 0 bridgehead atoms. The Morgan fingerprint density at radius 3 is 2.41 bits per heavy atom. The standard InChI is InChI=1S/C29H50O3/c1-17(2)18(3)14-25(31)19(4)22-8-9-23-27-24(11-13-29(22,23)6)28(5)12-10-21(30)15-20(28)16-26(27)32-7/h16-19,21-27,30-31H,8-15H2,1-7H3/t18-,19-,21-,22?,23-,24-,25+,26-,27-,28-,29+/m0/s1. The van der Waals surface area contributed by atoms with Gasteiger partial charge in [-0.15, -0.1) is 0 Å². The smallest absolute Gasteiger partial charge is 0.0788 e. The lowest BCUT2D eigenvalue weighted by Gasteiger charge is -2.60. The molecule has 3 heteroatoms. The van der Waals surface area contributed by atoms with Gasteiger partial charge in [-0.25, -0.2) is 0 Å². The number of rotatable bonds is 6. The Morgan fingerprint density at radius 1 is 1.03 bits per heavy atom. The summed E-state index contributed by atoms with van der Waals surface area (Å²) < 4.78 is 6.16. The largest absolute Gasteiger partial charge is 0.393 e. The summed E-state index contributed by atoms with van der Waals surface area (Å²) in [5.41, 5.74) is 2.00. The molecule has 184 valence electrons. The maximum atomic E-state index is 11.2. The third-order valence-electron chi connectivity index (χ3n) is 11.4. The monoisotopic (exact) mass is 446 g/mol. The lowest BCUT2D eigenvalue weighted by atomic mass is 9.46. The van der Waals surface area contributed by atoms with Crippen LogP contribution in [0.2, 0.25) is 0 Å². The van der Waals surface area contributed by atoms with Crippen LogP contribution in [0.3, 0.4) is 0 Å². The molecule has 0 radical (unpaired) electrons. The van der Waals surface area contributed by atoms with Crippen molar-refractivity contribution in [3.8, 4) is 0 Å². The summed E-state index contributed by atoms with van der Waals surface area (Å²) >= 11 is 0. The zero-order valence-electron chi connectivity index (χ0n) is 21.8. The molecule has 0 heterocycles. The highest BCUT2D eigenvalue weighted by Gasteiger charge is 2.61. The maximum Gasteiger partial charge on any atom is 0.0788 e. The molecule has 0 aromatic rings. The first kappa shape index (κ1) is 24.7. The number of aliphatic hydroxyl groups excluding tert-OH is 2. The van der Waals surface area contributed by atoms with Crippen molar-refractivity contribution < 1.29 is 14.9 Å². The van der Waals surface area contributed by atoms with Crippen molar-refractivity contribution >= 4 is 0 Å². The van der Waals surface area contributed by atoms with Crippen molar-refractivity contribution in [1.29, 1.82) is 0 Å². The first-order chi connectivity index (χ1) is 15.0. The minimum atomic E-state index is -0.195. The van der Waals surface area contributed by atoms with Gasteiger partial charge < -0.3 is 14.9 Å². The van der Waals surface area contributed by atoms with E-state index >= 15 is 0 Å². The van der Waals surface area contributed by atoms with E-state index in [1.807, 2.05) is 7.11 Å². The Labute approximate surface area is 197 Å². The Hall–Kier alpha value is -0.380. The second-order valence-corrected chi connectivity index (χ2v) is 13.1. The fourth-order valence-electron chi connectivity index (χ4n) is 8.87. The van der Waals surface area contributed by atoms with E-state index in [4.69, 9.17) is 4.74 Å². The molecule has 4 aliphatic carbocycles. The van der Waals surface area contributed by atoms with Crippen LogP contribution in [-0.4, -0.2) is 35.6 Å². The zero-order valence-corrected chi connectivity index (χ0v) is 21.8. The van der Waals surface area contributed by atoms with Crippen molar-refractivity contribution in [3.63, 3.8) is 0 Å². The van der Waals surface area contributed by atoms with Crippen molar-refractivity contribution in [2.45, 2.75) is 111 Å². The van der Waals surface area contributed by atoms with Crippen LogP contribution in [0.25, 0.3) is 0 Å². The summed E-state index contributed by atoms with van der Waals surface area (Å²) in [4.78, 5) is 0. The predicted molar refractivity (Wildman–Crippen MR) is 131 cm³/mol. The Morgan fingerprint density at radius 2 is 1.75 bits per heavy atom. The molecule has 2 N–H and O–H groups in total. The number of methoxy groups -OCH3 is 1. The molecule has 1 unspecified atom stereocenters. The molecular formula is C29H50O3. The van der Waals surface area contributed by atoms with E-state index < -0.39 is 0 Å². The van der Waals surface area contributed by atoms with Gasteiger partial charge in [-0.1, -0.05) is 53.2 Å². The second-order valence-electron chi connectivity index (χ2n) is 13.1. The molecule has 0 aliphatic heterocycles. The second kappa shape index (κ2) is 9.00. The fourth-order valence-corrected chi connectivity index (χ4v) is 8.87. The molecule has 4 aliphatic rings. The van der Waals surface area contributed by atoms with Gasteiger partial charge >= 0.3 is 0 Å². The molecule has 3 nitrogen and oxygen atoms in total. The molecule has 0 saturated heterocycles. The molecule has 0 aromatic carbocycles. The van der Waals surface area contributed by atoms with Crippen LogP contribution in [0.5, 0.6) is 0 Å². The molecule has 4 rings (SSSR count). The van der Waals surface area contributed by atoms with Crippen molar-refractivity contribution in [2.24, 2.45) is 52.3 Å². The summed E-state index contributed by atoms with van der Waals surface area (Å²) in [5.74, 6) is 4.07. The number of ether oxygens (including phenoxy) is 1. The molecule has 0 spiro atoms. The third kappa shape index (κ3) is 3.93. The van der Waals surface area contributed by atoms with Gasteiger partial charge in [-0.2, -0.15) is 0 Å². The number of hydrogen-bond donors (Lipinski definition) is 2. The number of fused-ring (bicyclic) bond motifs is 5. The Bertz CT molecular complexity index is 701. The average Bonchev–Trinajstić information content (AvgIpc) is 3.10. The summed E-state index contributed by atoms with van der Waals surface area (Å²) in [6.45, 7) is 14.2. The van der Waals surface area contributed by atoms with Gasteiger partial charge in [0.25, 0.3) is 0 Å². The summed E-state index contributed by atoms with van der Waals surface area (Å²) in [6, 6.07) is 0. The normalized spacial score (nSPS) is 46.6. The first-order valence-corrected chi connectivity index (χ1v) is 13.6. The van der Waals surface area contributed by atoms with Crippen molar-refractivity contribution in [3.05, 3.63) is 11.6 Å². The van der Waals surface area contributed by atoms with Crippen LogP contribution in [0, 0.1) is 52.3 Å². The average molecular weight is 447 g/mol. The van der Waals surface area contributed by atoms with Gasteiger partial charge in [0.15, 0.2) is 0 Å². The lowest BCUT2D eigenvalue weighted by Crippen LogP contribution is -2.55. The summed E-state index contributed by atoms with van der Waals surface area (Å²) in [5, 5.41) is 21.5. The van der Waals surface area contributed by atoms with E-state index in [0.717, 1.165) is 25.7 Å². The fraction of sp³-hybridized carbons (Fsp3) is 0.931. The van der Waals surface area contributed by atoms with Crippen molar-refractivity contribution in [2.75, 3.05) is 7.11 Å². The Balaban J connectivity index is 1.58. The van der Waals surface area contributed by atoms with E-state index in [2.05, 4.69) is 47.6 Å². The molecule has 3 fully saturated rings. The molecule has 0 amide bonds. The van der Waals surface area contributed by atoms with Gasteiger partial charge in [0.05, 0.1) is 18.3 Å². The van der Waals surface area contributed by atoms with Crippen LogP contribution in [-0.2, 0) is 4.74 Å². The van der Waals surface area contributed by atoms with Crippen LogP contribution in [0.1, 0.15) is 92.9 Å². The molecular weight excluding hydrogens is 396 g/mol. The van der Waals surface area contributed by atoms with Gasteiger partial charge in [-0.3, -0.25) is 0 Å². The first-order valence-electron chi connectivity index (χ1n) is 13.6. The van der Waals surface area contributed by atoms with Gasteiger partial charge in [0, 0.05) is 7.11 Å². The summed E-state index contributed by atoms with van der Waals surface area (Å²) in [7, 11) is 1.89. The predicted octanol–water partition coefficient (Wildman–Crippen LogP) is 6.23. The minimum Gasteiger partial charge on any atom is -0.393 e. The quantitative estimate of drug-likeness (QED) is 0.475. The van der Waals surface area contributed by atoms with Gasteiger partial charge in [0.1, 0.15) is 0 Å². The van der Waals surface area contributed by atoms with E-state index in [1.54, 1.807) is 0 Å². The highest BCUT2D eigenvalue weighted by atomic mass is 16.5. The van der Waals surface area contributed by atoms with Crippen LogP contribution < -0.4 is 0 Å². The van der Waals surface area contributed by atoms with E-state index in [0.29, 0.717) is 46.8 Å². The van der Waals surface area contributed by atoms with Gasteiger partial charge in [-0.05, 0) is 104 Å². The molecule has 0 aromatic heterocycles. The van der Waals surface area contributed by atoms with Gasteiger partial charge in [0.2, 0.25) is 0 Å². The highest BCUT2D eigenvalue weighted by molar-refractivity contribution is 5.28. The van der Waals surface area contributed by atoms with Crippen LogP contribution in [0.15, 0.2) is 11.6 Å². The van der Waals surface area contributed by atoms with Crippen LogP contribution in [0.4, 0.5) is 0 Å². The molecule has 3 saturated carbocycles. The van der Waals surface area contributed by atoms with Crippen molar-refractivity contribution in [1.82, 2.24) is 0 Å². The van der Waals surface area contributed by atoms with Crippen LogP contribution >= 0.6 is 0 Å². The molecule has 11 atom stereocenters. The number of hydrogen-bond acceptors (Lipinski definition) is 3. The SMILES string of the molecule is CO[C@H]1C=C2C[C@@H](O)CC[C@]2(C)[C@H]2CC[C@]3(C)C([C@H](C)[C@H](O)C[C@H](C)C(C)C)CC[C@H]3[C@H]12. The third-order valence-corrected chi connectivity index (χ3v) is 11.4. The summed E-state index contributed by atoms with van der Waals surface area (Å²) in [6.07, 6.45) is 11.1. The minimum absolute atomic E-state index is 0.177. The topological polar surface area (TPSA) is 49.7 Å². The number of aliphatic hydroxyl groups is 2. The Kier molecular flexibility index (Phi) is 6.96. The van der Waals surface area contributed by atoms with E-state index in [-0.39, 0.29) is 23.7 Å². The highest BCUT2D eigenvalue weighted by Crippen LogP contribution is 2.67. The molecule has 32 heavy (non-hydrogen) atoms. The lowest BCUT2D eigenvalue weighted by molar-refractivity contribution is -0.111.